The zero-order chi connectivity index (χ0) is 27.7. The van der Waals surface area contributed by atoms with Crippen LogP contribution in [0.15, 0.2) is 18.2 Å². The molecule has 10 nitrogen and oxygen atoms in total. The number of amides is 3. The zero-order valence-corrected chi connectivity index (χ0v) is 23.7. The highest BCUT2D eigenvalue weighted by molar-refractivity contribution is 6.02. The summed E-state index contributed by atoms with van der Waals surface area (Å²) >= 11 is 0. The van der Waals surface area contributed by atoms with Gasteiger partial charge in [0.05, 0.1) is 17.1 Å². The molecule has 3 fully saturated rings. The van der Waals surface area contributed by atoms with Gasteiger partial charge in [-0.25, -0.2) is 4.79 Å². The number of aryl methyl sites for hydroxylation is 1. The summed E-state index contributed by atoms with van der Waals surface area (Å²) in [6.45, 7) is 12.1. The summed E-state index contributed by atoms with van der Waals surface area (Å²) in [5.74, 6) is -0.122. The molecule has 0 bridgehead atoms. The molecule has 10 heteroatoms. The van der Waals surface area contributed by atoms with Gasteiger partial charge in [0.25, 0.3) is 0 Å². The van der Waals surface area contributed by atoms with Crippen molar-refractivity contribution in [1.82, 2.24) is 24.9 Å². The fraction of sp³-hybridized carbons (Fsp3) is 0.655. The summed E-state index contributed by atoms with van der Waals surface area (Å²) in [5.41, 5.74) is 2.51. The number of anilines is 1. The van der Waals surface area contributed by atoms with E-state index in [2.05, 4.69) is 38.4 Å². The number of carbonyl (C=O) groups is 3. The predicted molar refractivity (Wildman–Crippen MR) is 150 cm³/mol. The van der Waals surface area contributed by atoms with Crippen molar-refractivity contribution in [2.45, 2.75) is 64.4 Å². The molecule has 1 aromatic heterocycles. The van der Waals surface area contributed by atoms with E-state index in [4.69, 9.17) is 4.74 Å². The van der Waals surface area contributed by atoms with E-state index in [0.717, 1.165) is 62.4 Å². The van der Waals surface area contributed by atoms with Crippen LogP contribution in [-0.4, -0.2) is 88.9 Å². The van der Waals surface area contributed by atoms with Crippen LogP contribution in [0.2, 0.25) is 0 Å². The van der Waals surface area contributed by atoms with Crippen molar-refractivity contribution in [1.29, 1.82) is 0 Å². The second-order valence-corrected chi connectivity index (χ2v) is 12.2. The lowest BCUT2D eigenvalue weighted by atomic mass is 9.92. The molecule has 3 amide bonds. The van der Waals surface area contributed by atoms with Gasteiger partial charge in [0.15, 0.2) is 0 Å². The second kappa shape index (κ2) is 11.2. The van der Waals surface area contributed by atoms with Crippen LogP contribution in [-0.2, 0) is 21.4 Å². The number of nitrogens with one attached hydrogen (secondary N) is 1. The number of piperazine rings is 1. The molecule has 212 valence electrons. The highest BCUT2D eigenvalue weighted by atomic mass is 16.6. The van der Waals surface area contributed by atoms with E-state index in [1.54, 1.807) is 0 Å². The van der Waals surface area contributed by atoms with Gasteiger partial charge < -0.3 is 14.5 Å². The molecule has 5 rings (SSSR count). The Hall–Kier alpha value is -3.14. The van der Waals surface area contributed by atoms with Crippen LogP contribution in [0.4, 0.5) is 10.5 Å². The van der Waals surface area contributed by atoms with E-state index >= 15 is 0 Å². The summed E-state index contributed by atoms with van der Waals surface area (Å²) in [4.78, 5) is 43.1. The van der Waals surface area contributed by atoms with Crippen LogP contribution in [0.1, 0.15) is 64.5 Å². The average molecular weight is 539 g/mol. The smallest absolute Gasteiger partial charge is 0.410 e. The molecular formula is C29H42N6O4. The Morgan fingerprint density at radius 3 is 2.44 bits per heavy atom. The maximum Gasteiger partial charge on any atom is 0.410 e. The van der Waals surface area contributed by atoms with Crippen molar-refractivity contribution in [3.63, 3.8) is 0 Å². The van der Waals surface area contributed by atoms with Crippen molar-refractivity contribution in [3.8, 4) is 0 Å². The molecule has 1 N–H and O–H groups in total. The van der Waals surface area contributed by atoms with Gasteiger partial charge in [-0.15, -0.1) is 0 Å². The molecule has 39 heavy (non-hydrogen) atoms. The van der Waals surface area contributed by atoms with Gasteiger partial charge >= 0.3 is 6.09 Å². The Bertz CT molecular complexity index is 1220. The van der Waals surface area contributed by atoms with Gasteiger partial charge in [0.1, 0.15) is 5.60 Å². The van der Waals surface area contributed by atoms with Gasteiger partial charge in [-0.05, 0) is 77.1 Å². The van der Waals surface area contributed by atoms with Crippen molar-refractivity contribution in [2.24, 2.45) is 13.0 Å². The molecule has 2 aromatic rings. The van der Waals surface area contributed by atoms with E-state index in [-0.39, 0.29) is 23.8 Å². The minimum Gasteiger partial charge on any atom is -0.444 e. The Kier molecular flexibility index (Phi) is 7.84. The fourth-order valence-electron chi connectivity index (χ4n) is 6.01. The minimum atomic E-state index is -0.453. The topological polar surface area (TPSA) is 100 Å². The predicted octanol–water partition coefficient (Wildman–Crippen LogP) is 3.25. The molecule has 3 aliphatic heterocycles. The molecular weight excluding hydrogens is 496 g/mol. The van der Waals surface area contributed by atoms with E-state index in [9.17, 15) is 14.4 Å². The third-order valence-electron chi connectivity index (χ3n) is 8.29. The summed E-state index contributed by atoms with van der Waals surface area (Å²) in [7, 11) is 1.92. The van der Waals surface area contributed by atoms with Crippen LogP contribution in [0, 0.1) is 5.92 Å². The molecule has 3 aliphatic rings. The fourth-order valence-corrected chi connectivity index (χ4v) is 6.01. The summed E-state index contributed by atoms with van der Waals surface area (Å²) < 4.78 is 7.37. The Morgan fingerprint density at radius 1 is 1.05 bits per heavy atom. The van der Waals surface area contributed by atoms with Crippen LogP contribution in [0.25, 0.3) is 10.9 Å². The average Bonchev–Trinajstić information content (AvgIpc) is 3.22. The monoisotopic (exact) mass is 538 g/mol. The first-order chi connectivity index (χ1) is 18.6. The van der Waals surface area contributed by atoms with Crippen LogP contribution in [0.3, 0.4) is 0 Å². The van der Waals surface area contributed by atoms with Crippen LogP contribution < -0.4 is 10.2 Å². The van der Waals surface area contributed by atoms with Gasteiger partial charge in [0, 0.05) is 63.8 Å². The van der Waals surface area contributed by atoms with E-state index in [1.165, 1.54) is 24.9 Å². The normalized spacial score (nSPS) is 21.9. The van der Waals surface area contributed by atoms with Crippen LogP contribution in [0.5, 0.6) is 0 Å². The first-order valence-corrected chi connectivity index (χ1v) is 14.3. The number of fused-ring (bicyclic) bond motifs is 1. The van der Waals surface area contributed by atoms with E-state index in [1.807, 2.05) is 37.4 Å². The number of hydrogen-bond acceptors (Lipinski definition) is 7. The summed E-state index contributed by atoms with van der Waals surface area (Å²) in [6, 6.07) is 6.41. The molecule has 0 saturated carbocycles. The van der Waals surface area contributed by atoms with E-state index < -0.39 is 5.60 Å². The number of hydrogen-bond donors (Lipinski definition) is 1. The first kappa shape index (κ1) is 27.4. The summed E-state index contributed by atoms with van der Waals surface area (Å²) in [6.07, 6.45) is 4.18. The van der Waals surface area contributed by atoms with Crippen molar-refractivity contribution in [3.05, 3.63) is 23.9 Å². The van der Waals surface area contributed by atoms with Crippen LogP contribution >= 0.6 is 0 Å². The highest BCUT2D eigenvalue weighted by Crippen LogP contribution is 2.33. The number of carbonyl (C=O) groups excluding carboxylic acids is 3. The lowest BCUT2D eigenvalue weighted by Gasteiger charge is -2.37. The zero-order valence-electron chi connectivity index (χ0n) is 23.7. The number of aromatic nitrogens is 2. The maximum atomic E-state index is 12.4. The number of imide groups is 1. The number of rotatable bonds is 5. The third kappa shape index (κ3) is 6.37. The van der Waals surface area contributed by atoms with Gasteiger partial charge in [-0.1, -0.05) is 0 Å². The molecule has 1 aromatic carbocycles. The number of nitrogens with zero attached hydrogens (tertiary/aromatic N) is 5. The second-order valence-electron chi connectivity index (χ2n) is 12.2. The lowest BCUT2D eigenvalue weighted by Crippen LogP contribution is -2.50. The standard InChI is InChI=1S/C29H42N6O4/c1-29(2,3)39-28(38)35-17-15-33(16-18-35)12-9-20-10-13-34(14-11-20)21-5-6-22-24(19-21)32(4)31-26(22)23-7-8-25(36)30-27(23)37/h5-6,19-20,23H,7-18H2,1-4H3,(H,30,36,37). The molecule has 0 radical (unpaired) electrons. The number of ether oxygens (including phenoxy) is 1. The van der Waals surface area contributed by atoms with E-state index in [0.29, 0.717) is 18.8 Å². The van der Waals surface area contributed by atoms with Crippen molar-refractivity contribution >= 4 is 34.5 Å². The summed E-state index contributed by atoms with van der Waals surface area (Å²) in [5, 5.41) is 8.12. The van der Waals surface area contributed by atoms with Crippen molar-refractivity contribution < 1.29 is 19.1 Å². The Morgan fingerprint density at radius 2 is 1.77 bits per heavy atom. The largest absolute Gasteiger partial charge is 0.444 e. The Labute approximate surface area is 230 Å². The molecule has 1 unspecified atom stereocenters. The minimum absolute atomic E-state index is 0.203. The quantitative estimate of drug-likeness (QED) is 0.584. The Balaban J connectivity index is 1.11. The number of piperidine rings is 2. The third-order valence-corrected chi connectivity index (χ3v) is 8.29. The highest BCUT2D eigenvalue weighted by Gasteiger charge is 2.32. The van der Waals surface area contributed by atoms with Crippen molar-refractivity contribution in [2.75, 3.05) is 50.7 Å². The van der Waals surface area contributed by atoms with Gasteiger partial charge in [0.2, 0.25) is 11.8 Å². The first-order valence-electron chi connectivity index (χ1n) is 14.3. The molecule has 1 atom stereocenters. The van der Waals surface area contributed by atoms with Gasteiger partial charge in [-0.2, -0.15) is 5.10 Å². The SMILES string of the molecule is Cn1nc(C2CCC(=O)NC2=O)c2ccc(N3CCC(CCN4CCN(C(=O)OC(C)(C)C)CC4)CC3)cc21. The molecule has 0 aliphatic carbocycles. The molecule has 0 spiro atoms. The van der Waals surface area contributed by atoms with Gasteiger partial charge in [-0.3, -0.25) is 24.5 Å². The molecule has 3 saturated heterocycles. The maximum absolute atomic E-state index is 12.4. The lowest BCUT2D eigenvalue weighted by molar-refractivity contribution is -0.134. The molecule has 4 heterocycles. The number of benzene rings is 1.